The fourth-order valence-corrected chi connectivity index (χ4v) is 6.74. The Morgan fingerprint density at radius 1 is 1.19 bits per heavy atom. The molecule has 1 fully saturated rings. The lowest BCUT2D eigenvalue weighted by Gasteiger charge is -2.21. The number of imidazole rings is 1. The van der Waals surface area contributed by atoms with Crippen molar-refractivity contribution in [3.8, 4) is 0 Å². The topological polar surface area (TPSA) is 359 Å². The van der Waals surface area contributed by atoms with Gasteiger partial charge in [0.25, 0.3) is 5.56 Å². The minimum absolute atomic E-state index is 0.0459. The molecule has 4 heterocycles. The van der Waals surface area contributed by atoms with Gasteiger partial charge < -0.3 is 34.8 Å². The summed E-state index contributed by atoms with van der Waals surface area (Å²) in [5, 5.41) is 3.32. The molecule has 1 aliphatic rings. The van der Waals surface area contributed by atoms with Crippen LogP contribution in [-0.4, -0.2) is 73.8 Å². The van der Waals surface area contributed by atoms with Crippen molar-refractivity contribution in [2.75, 3.05) is 12.3 Å². The molecule has 232 valence electrons. The number of nitrogens with one attached hydrogen (secondary N) is 1. The fraction of sp³-hybridized carbons (Fsp3) is 0.375. The van der Waals surface area contributed by atoms with E-state index < -0.39 is 60.0 Å². The Kier molecular flexibility index (Phi) is 9.42. The normalized spacial score (nSPS) is 21.5. The lowest BCUT2D eigenvalue weighted by atomic mass is 10.2. The predicted octanol–water partition coefficient (Wildman–Crippen LogP) is 0.158. The van der Waals surface area contributed by atoms with Gasteiger partial charge in [-0.3, -0.25) is 23.9 Å². The molecule has 3 aromatic heterocycles. The molecule has 0 spiro atoms. The Morgan fingerprint density at radius 2 is 1.91 bits per heavy atom. The molecule has 1 saturated heterocycles. The van der Waals surface area contributed by atoms with E-state index in [1.807, 2.05) is 0 Å². The molecule has 3 unspecified atom stereocenters. The summed E-state index contributed by atoms with van der Waals surface area (Å²) in [4.78, 5) is 82.4. The minimum Gasteiger partial charge on any atom is -0.455 e. The monoisotopic (exact) mass is 668 g/mol. The molecule has 4 rings (SSSR count). The molecule has 27 heteroatoms. The van der Waals surface area contributed by atoms with E-state index in [9.17, 15) is 33.1 Å². The van der Waals surface area contributed by atoms with E-state index in [0.717, 1.165) is 12.5 Å². The number of hydrogen-bond donors (Lipinski definition) is 6. The zero-order chi connectivity index (χ0) is 31.6. The number of anilines is 1. The van der Waals surface area contributed by atoms with Gasteiger partial charge in [0.1, 0.15) is 18.4 Å². The smallest absolute Gasteiger partial charge is 0.455 e. The van der Waals surface area contributed by atoms with Crippen molar-refractivity contribution in [2.24, 2.45) is 5.11 Å². The SMILES string of the molecule is [N-]=[N+]=NCc1nccnc1C(=O)OC1C[C@H](n2cnc3c(=O)[nH]c(N)nc32)O[C@@H]1COP(=O)(O)OP(=O)(O)OP(=O)(O)O. The second kappa shape index (κ2) is 12.5. The van der Waals surface area contributed by atoms with Crippen molar-refractivity contribution in [1.29, 1.82) is 0 Å². The number of hydrogen-bond acceptors (Lipinski definition) is 16. The number of H-pyrrole nitrogens is 1. The molecule has 0 radical (unpaired) electrons. The number of phosphoric ester groups is 1. The summed E-state index contributed by atoms with van der Waals surface area (Å²) in [6.45, 7) is -1.36. The van der Waals surface area contributed by atoms with Crippen molar-refractivity contribution in [1.82, 2.24) is 29.5 Å². The van der Waals surface area contributed by atoms with Crippen LogP contribution >= 0.6 is 23.5 Å². The largest absolute Gasteiger partial charge is 0.490 e. The van der Waals surface area contributed by atoms with Gasteiger partial charge in [0, 0.05) is 23.7 Å². The Balaban J connectivity index is 1.59. The molecule has 24 nitrogen and oxygen atoms in total. The Labute approximate surface area is 236 Å². The number of esters is 1. The van der Waals surface area contributed by atoms with Crippen LogP contribution in [0, 0.1) is 0 Å². The Hall–Kier alpha value is -3.62. The highest BCUT2D eigenvalue weighted by molar-refractivity contribution is 7.66. The van der Waals surface area contributed by atoms with Gasteiger partial charge in [0.05, 0.1) is 25.2 Å². The number of ether oxygens (including phenoxy) is 2. The third kappa shape index (κ3) is 8.27. The summed E-state index contributed by atoms with van der Waals surface area (Å²) in [5.74, 6) is -1.36. The van der Waals surface area contributed by atoms with Gasteiger partial charge >= 0.3 is 29.4 Å². The first kappa shape index (κ1) is 32.3. The van der Waals surface area contributed by atoms with Crippen LogP contribution in [0.4, 0.5) is 5.95 Å². The molecule has 0 bridgehead atoms. The molecule has 5 atom stereocenters. The van der Waals surface area contributed by atoms with Crippen LogP contribution in [0.3, 0.4) is 0 Å². The van der Waals surface area contributed by atoms with Crippen LogP contribution in [0.25, 0.3) is 21.6 Å². The van der Waals surface area contributed by atoms with Crippen LogP contribution < -0.4 is 11.3 Å². The lowest BCUT2D eigenvalue weighted by Crippen LogP contribution is -2.31. The van der Waals surface area contributed by atoms with E-state index in [2.05, 4.69) is 48.1 Å². The number of nitrogens with zero attached hydrogens (tertiary/aromatic N) is 8. The number of nitrogens with two attached hydrogens (primary N) is 1. The summed E-state index contributed by atoms with van der Waals surface area (Å²) in [6.07, 6.45) is -0.617. The van der Waals surface area contributed by atoms with Crippen LogP contribution in [0.1, 0.15) is 28.8 Å². The molecule has 1 aliphatic heterocycles. The summed E-state index contributed by atoms with van der Waals surface area (Å²) in [6, 6.07) is 0. The standard InChI is InChI=1S/C16H19N10O14P3/c17-16-23-13-12(14(27)24-16)21-6-26(13)10-3-8(38-15(28)11-7(4-22-25-18)19-1-2-20-11)9(37-10)5-36-42(32,33)40-43(34,35)39-41(29,30)31/h1-2,6,8-10H,3-5H2,(H,32,33)(H,34,35)(H2,29,30,31)(H3,17,23,24,27)/t8?,9-,10-/m1/s1. The number of aromatic amines is 1. The third-order valence-corrected chi connectivity index (χ3v) is 9.07. The van der Waals surface area contributed by atoms with E-state index in [4.69, 9.17) is 30.5 Å². The van der Waals surface area contributed by atoms with Crippen molar-refractivity contribution in [2.45, 2.75) is 31.4 Å². The molecule has 0 aliphatic carbocycles. The average molecular weight is 668 g/mol. The maximum absolute atomic E-state index is 13.0. The van der Waals surface area contributed by atoms with Gasteiger partial charge in [-0.1, -0.05) is 5.11 Å². The van der Waals surface area contributed by atoms with Crippen LogP contribution in [0.5, 0.6) is 0 Å². The van der Waals surface area contributed by atoms with Crippen molar-refractivity contribution >= 4 is 46.5 Å². The number of fused-ring (bicyclic) bond motifs is 1. The number of carbonyl (C=O) groups excluding carboxylic acids is 1. The van der Waals surface area contributed by atoms with Gasteiger partial charge in [-0.15, -0.1) is 0 Å². The van der Waals surface area contributed by atoms with Gasteiger partial charge in [0.2, 0.25) is 5.95 Å². The van der Waals surface area contributed by atoms with Gasteiger partial charge in [0.15, 0.2) is 16.9 Å². The van der Waals surface area contributed by atoms with Crippen LogP contribution in [0.15, 0.2) is 28.6 Å². The average Bonchev–Trinajstić information content (AvgIpc) is 3.48. The van der Waals surface area contributed by atoms with E-state index in [-0.39, 0.29) is 41.5 Å². The van der Waals surface area contributed by atoms with Crippen molar-refractivity contribution in [3.63, 3.8) is 0 Å². The fourth-order valence-electron chi connectivity index (χ4n) is 3.71. The molecule has 7 N–H and O–H groups in total. The lowest BCUT2D eigenvalue weighted by molar-refractivity contribution is -0.0491. The molecule has 43 heavy (non-hydrogen) atoms. The van der Waals surface area contributed by atoms with Crippen LogP contribution in [0.2, 0.25) is 0 Å². The van der Waals surface area contributed by atoms with E-state index in [1.54, 1.807) is 0 Å². The van der Waals surface area contributed by atoms with Crippen LogP contribution in [-0.2, 0) is 42.9 Å². The maximum Gasteiger partial charge on any atom is 0.490 e. The maximum atomic E-state index is 13.0. The number of phosphoric acid groups is 3. The van der Waals surface area contributed by atoms with Gasteiger partial charge in [-0.05, 0) is 5.53 Å². The van der Waals surface area contributed by atoms with E-state index >= 15 is 0 Å². The first-order valence-electron chi connectivity index (χ1n) is 11.3. The second-order valence-electron chi connectivity index (χ2n) is 8.21. The summed E-state index contributed by atoms with van der Waals surface area (Å²) >= 11 is 0. The highest BCUT2D eigenvalue weighted by Crippen LogP contribution is 2.66. The number of rotatable bonds is 12. The molecule has 3 aromatic rings. The molecule has 0 amide bonds. The van der Waals surface area contributed by atoms with Crippen molar-refractivity contribution < 1.29 is 60.7 Å². The Bertz CT molecular complexity index is 1790. The zero-order valence-corrected chi connectivity index (χ0v) is 23.6. The first-order chi connectivity index (χ1) is 20.1. The zero-order valence-electron chi connectivity index (χ0n) is 21.0. The summed E-state index contributed by atoms with van der Waals surface area (Å²) in [7, 11) is -17.0. The highest BCUT2D eigenvalue weighted by Gasteiger charge is 2.44. The number of carbonyl (C=O) groups is 1. The van der Waals surface area contributed by atoms with E-state index in [0.29, 0.717) is 0 Å². The summed E-state index contributed by atoms with van der Waals surface area (Å²) in [5.41, 5.74) is 12.9. The van der Waals surface area contributed by atoms with E-state index in [1.165, 1.54) is 10.8 Å². The molecular weight excluding hydrogens is 649 g/mol. The first-order valence-corrected chi connectivity index (χ1v) is 15.8. The molecule has 0 saturated carbocycles. The molecular formula is C16H19N10O14P3. The third-order valence-electron chi connectivity index (χ3n) is 5.27. The minimum atomic E-state index is -5.82. The van der Waals surface area contributed by atoms with Gasteiger partial charge in [-0.2, -0.15) is 13.6 Å². The quantitative estimate of drug-likeness (QED) is 0.0492. The Morgan fingerprint density at radius 3 is 2.60 bits per heavy atom. The highest BCUT2D eigenvalue weighted by atomic mass is 31.3. The second-order valence-corrected chi connectivity index (χ2v) is 12.6. The molecule has 0 aromatic carbocycles. The van der Waals surface area contributed by atoms with Crippen molar-refractivity contribution in [3.05, 3.63) is 50.9 Å². The summed E-state index contributed by atoms with van der Waals surface area (Å²) < 4.78 is 59.3. The number of aromatic nitrogens is 6. The number of nitrogen functional groups attached to an aromatic ring is 1. The van der Waals surface area contributed by atoms with Gasteiger partial charge in [-0.25, -0.2) is 28.5 Å². The predicted molar refractivity (Wildman–Crippen MR) is 135 cm³/mol. The number of azide groups is 1.